The Bertz CT molecular complexity index is 1040. The molecule has 0 unspecified atom stereocenters. The number of hydrogen-bond acceptors (Lipinski definition) is 4. The first kappa shape index (κ1) is 25.9. The molecule has 2 aromatic rings. The van der Waals surface area contributed by atoms with Crippen molar-refractivity contribution in [2.45, 2.75) is 64.5 Å². The zero-order valence-corrected chi connectivity index (χ0v) is 21.2. The molecular formula is C29H38N4O3. The Kier molecular flexibility index (Phi) is 9.11. The fourth-order valence-electron chi connectivity index (χ4n) is 5.09. The fraction of sp³-hybridized carbons (Fsp3) is 0.483. The van der Waals surface area contributed by atoms with E-state index >= 15 is 0 Å². The van der Waals surface area contributed by atoms with Crippen LogP contribution in [0.2, 0.25) is 0 Å². The third-order valence-corrected chi connectivity index (χ3v) is 7.30. The highest BCUT2D eigenvalue weighted by Crippen LogP contribution is 2.24. The molecule has 1 aliphatic heterocycles. The zero-order chi connectivity index (χ0) is 25.3. The summed E-state index contributed by atoms with van der Waals surface area (Å²) < 4.78 is 0. The Morgan fingerprint density at radius 3 is 2.31 bits per heavy atom. The van der Waals surface area contributed by atoms with Crippen LogP contribution in [0.15, 0.2) is 48.5 Å². The minimum atomic E-state index is -0.221. The molecule has 0 bridgehead atoms. The van der Waals surface area contributed by atoms with Gasteiger partial charge in [0, 0.05) is 31.6 Å². The molecule has 2 fully saturated rings. The highest BCUT2D eigenvalue weighted by atomic mass is 16.2. The Balaban J connectivity index is 1.23. The molecule has 0 spiro atoms. The van der Waals surface area contributed by atoms with E-state index < -0.39 is 0 Å². The van der Waals surface area contributed by atoms with Gasteiger partial charge in [0.2, 0.25) is 11.8 Å². The number of piperidine rings is 1. The van der Waals surface area contributed by atoms with Crippen molar-refractivity contribution in [1.29, 1.82) is 0 Å². The van der Waals surface area contributed by atoms with Crippen molar-refractivity contribution < 1.29 is 14.4 Å². The van der Waals surface area contributed by atoms with Gasteiger partial charge in [-0.25, -0.2) is 0 Å². The average molecular weight is 491 g/mol. The second-order valence-electron chi connectivity index (χ2n) is 10.2. The number of amides is 3. The van der Waals surface area contributed by atoms with Gasteiger partial charge in [-0.2, -0.15) is 0 Å². The van der Waals surface area contributed by atoms with Crippen molar-refractivity contribution >= 4 is 23.4 Å². The van der Waals surface area contributed by atoms with Crippen molar-refractivity contribution in [3.05, 3.63) is 65.2 Å². The molecule has 7 heteroatoms. The maximum atomic E-state index is 12.8. The van der Waals surface area contributed by atoms with Crippen molar-refractivity contribution in [3.63, 3.8) is 0 Å². The van der Waals surface area contributed by atoms with Gasteiger partial charge in [-0.1, -0.05) is 61.2 Å². The standard InChI is InChI=1S/C29H38N4O3/c1-21-11-13-22(14-12-21)19-30-29(36)25-9-5-6-10-26(25)32-27(34)20-33-17-15-24(16-18-33)31-28(35)23-7-3-2-4-8-23/h5-6,9-14,23-24H,2-4,7-8,15-20H2,1H3,(H,30,36)(H,31,35)(H,32,34). The molecule has 2 aliphatic rings. The van der Waals surface area contributed by atoms with Crippen molar-refractivity contribution in [2.75, 3.05) is 25.0 Å². The second kappa shape index (κ2) is 12.7. The van der Waals surface area contributed by atoms with Crippen LogP contribution in [-0.4, -0.2) is 48.3 Å². The largest absolute Gasteiger partial charge is 0.353 e. The molecule has 4 rings (SSSR count). The Morgan fingerprint density at radius 1 is 0.889 bits per heavy atom. The number of hydrogen-bond donors (Lipinski definition) is 3. The zero-order valence-electron chi connectivity index (χ0n) is 21.2. The third-order valence-electron chi connectivity index (χ3n) is 7.30. The summed E-state index contributed by atoms with van der Waals surface area (Å²) in [4.78, 5) is 40.2. The normalized spacial score (nSPS) is 17.4. The van der Waals surface area contributed by atoms with Crippen LogP contribution in [0.25, 0.3) is 0 Å². The van der Waals surface area contributed by atoms with E-state index in [2.05, 4.69) is 20.9 Å². The van der Waals surface area contributed by atoms with Gasteiger partial charge in [-0.15, -0.1) is 0 Å². The van der Waals surface area contributed by atoms with E-state index in [1.54, 1.807) is 18.2 Å². The van der Waals surface area contributed by atoms with E-state index in [9.17, 15) is 14.4 Å². The molecule has 0 radical (unpaired) electrons. The van der Waals surface area contributed by atoms with E-state index in [0.29, 0.717) is 17.8 Å². The summed E-state index contributed by atoms with van der Waals surface area (Å²) in [5, 5.41) is 9.10. The predicted octanol–water partition coefficient (Wildman–Crippen LogP) is 4.02. The van der Waals surface area contributed by atoms with Gasteiger partial charge in [0.15, 0.2) is 0 Å². The van der Waals surface area contributed by atoms with Gasteiger partial charge in [0.1, 0.15) is 0 Å². The smallest absolute Gasteiger partial charge is 0.253 e. The number of nitrogens with one attached hydrogen (secondary N) is 3. The lowest BCUT2D eigenvalue weighted by Gasteiger charge is -2.33. The molecule has 36 heavy (non-hydrogen) atoms. The minimum Gasteiger partial charge on any atom is -0.353 e. The van der Waals surface area contributed by atoms with Gasteiger partial charge in [-0.3, -0.25) is 19.3 Å². The van der Waals surface area contributed by atoms with Crippen LogP contribution in [0.4, 0.5) is 5.69 Å². The van der Waals surface area contributed by atoms with Crippen LogP contribution >= 0.6 is 0 Å². The van der Waals surface area contributed by atoms with Gasteiger partial charge in [-0.05, 0) is 50.3 Å². The molecule has 7 nitrogen and oxygen atoms in total. The first-order chi connectivity index (χ1) is 17.5. The number of nitrogens with zero attached hydrogens (tertiary/aromatic N) is 1. The van der Waals surface area contributed by atoms with Gasteiger partial charge in [0.25, 0.3) is 5.91 Å². The van der Waals surface area contributed by atoms with Crippen LogP contribution < -0.4 is 16.0 Å². The van der Waals surface area contributed by atoms with Crippen LogP contribution in [-0.2, 0) is 16.1 Å². The lowest BCUT2D eigenvalue weighted by molar-refractivity contribution is -0.127. The SMILES string of the molecule is Cc1ccc(CNC(=O)c2ccccc2NC(=O)CN2CCC(NC(=O)C3CCCCC3)CC2)cc1. The van der Waals surface area contributed by atoms with E-state index in [1.165, 1.54) is 12.0 Å². The van der Waals surface area contributed by atoms with E-state index in [1.807, 2.05) is 37.3 Å². The molecule has 3 amide bonds. The summed E-state index contributed by atoms with van der Waals surface area (Å²) in [7, 11) is 0. The van der Waals surface area contributed by atoms with Crippen LogP contribution in [0.1, 0.15) is 66.4 Å². The molecule has 1 saturated carbocycles. The molecular weight excluding hydrogens is 452 g/mol. The summed E-state index contributed by atoms with van der Waals surface area (Å²) in [6.07, 6.45) is 7.28. The van der Waals surface area contributed by atoms with Crippen molar-refractivity contribution in [1.82, 2.24) is 15.5 Å². The van der Waals surface area contributed by atoms with Gasteiger partial charge < -0.3 is 16.0 Å². The molecule has 1 heterocycles. The molecule has 2 aromatic carbocycles. The maximum Gasteiger partial charge on any atom is 0.253 e. The van der Waals surface area contributed by atoms with E-state index in [0.717, 1.165) is 57.2 Å². The average Bonchev–Trinajstić information content (AvgIpc) is 2.90. The molecule has 0 atom stereocenters. The number of carbonyl (C=O) groups excluding carboxylic acids is 3. The van der Waals surface area contributed by atoms with Crippen LogP contribution in [0.3, 0.4) is 0 Å². The summed E-state index contributed by atoms with van der Waals surface area (Å²) in [5.74, 6) is 0.0272. The third kappa shape index (κ3) is 7.40. The first-order valence-corrected chi connectivity index (χ1v) is 13.2. The highest BCUT2D eigenvalue weighted by Gasteiger charge is 2.26. The van der Waals surface area contributed by atoms with Gasteiger partial charge >= 0.3 is 0 Å². The van der Waals surface area contributed by atoms with Gasteiger partial charge in [0.05, 0.1) is 17.8 Å². The molecule has 3 N–H and O–H groups in total. The number of carbonyl (C=O) groups is 3. The van der Waals surface area contributed by atoms with E-state index in [-0.39, 0.29) is 36.2 Å². The lowest BCUT2D eigenvalue weighted by atomic mass is 9.88. The topological polar surface area (TPSA) is 90.5 Å². The maximum absolute atomic E-state index is 12.8. The van der Waals surface area contributed by atoms with Crippen molar-refractivity contribution in [2.24, 2.45) is 5.92 Å². The Morgan fingerprint density at radius 2 is 1.58 bits per heavy atom. The Labute approximate surface area is 214 Å². The number of benzene rings is 2. The quantitative estimate of drug-likeness (QED) is 0.521. The first-order valence-electron chi connectivity index (χ1n) is 13.2. The molecule has 192 valence electrons. The summed E-state index contributed by atoms with van der Waals surface area (Å²) in [6, 6.07) is 15.3. The number of aryl methyl sites for hydroxylation is 1. The number of para-hydroxylation sites is 1. The monoisotopic (exact) mass is 490 g/mol. The van der Waals surface area contributed by atoms with Crippen LogP contribution in [0, 0.1) is 12.8 Å². The lowest BCUT2D eigenvalue weighted by Crippen LogP contribution is -2.48. The summed E-state index contributed by atoms with van der Waals surface area (Å²) in [5.41, 5.74) is 3.15. The molecule has 1 aliphatic carbocycles. The van der Waals surface area contributed by atoms with E-state index in [4.69, 9.17) is 0 Å². The fourth-order valence-corrected chi connectivity index (χ4v) is 5.09. The number of likely N-dealkylation sites (tertiary alicyclic amines) is 1. The predicted molar refractivity (Wildman–Crippen MR) is 142 cm³/mol. The Hall–Kier alpha value is -3.19. The van der Waals surface area contributed by atoms with Crippen LogP contribution in [0.5, 0.6) is 0 Å². The molecule has 1 saturated heterocycles. The number of rotatable bonds is 8. The highest BCUT2D eigenvalue weighted by molar-refractivity contribution is 6.04. The minimum absolute atomic E-state index is 0.140. The summed E-state index contributed by atoms with van der Waals surface area (Å²) in [6.45, 7) is 4.25. The second-order valence-corrected chi connectivity index (χ2v) is 10.2. The summed E-state index contributed by atoms with van der Waals surface area (Å²) >= 11 is 0. The number of anilines is 1. The molecule has 0 aromatic heterocycles. The van der Waals surface area contributed by atoms with Crippen molar-refractivity contribution in [3.8, 4) is 0 Å².